The second kappa shape index (κ2) is 5.53. The molecule has 90 valence electrons. The lowest BCUT2D eigenvalue weighted by Crippen LogP contribution is -2.32. The Labute approximate surface area is 92.7 Å². The average molecular weight is 230 g/mol. The first kappa shape index (κ1) is 12.5. The van der Waals surface area contributed by atoms with Crippen LogP contribution in [0.1, 0.15) is 0 Å². The zero-order valence-corrected chi connectivity index (χ0v) is 8.88. The lowest BCUT2D eigenvalue weighted by Gasteiger charge is -2.17. The van der Waals surface area contributed by atoms with Gasteiger partial charge in [0.2, 0.25) is 5.76 Å². The molecule has 0 radical (unpaired) electrons. The molecule has 1 aliphatic rings. The highest BCUT2D eigenvalue weighted by molar-refractivity contribution is 5.89. The van der Waals surface area contributed by atoms with E-state index in [9.17, 15) is 9.90 Å². The summed E-state index contributed by atoms with van der Waals surface area (Å²) in [6.45, 7) is 3.06. The molecule has 1 rings (SSSR count). The Kier molecular flexibility index (Phi) is 4.33. The number of hydrogen-bond donors (Lipinski definition) is 2. The molecule has 0 saturated carbocycles. The zero-order chi connectivity index (χ0) is 12.1. The lowest BCUT2D eigenvalue weighted by molar-refractivity contribution is -0.148. The van der Waals surface area contributed by atoms with Crippen molar-refractivity contribution in [3.8, 4) is 0 Å². The van der Waals surface area contributed by atoms with E-state index in [-0.39, 0.29) is 18.1 Å². The van der Waals surface area contributed by atoms with Gasteiger partial charge in [0.05, 0.1) is 13.7 Å². The van der Waals surface area contributed by atoms with E-state index in [0.29, 0.717) is 0 Å². The minimum absolute atomic E-state index is 0.0777. The van der Waals surface area contributed by atoms with Gasteiger partial charge >= 0.3 is 5.97 Å². The largest absolute Gasteiger partial charge is 0.487 e. The number of ether oxygens (including phenoxy) is 3. The van der Waals surface area contributed by atoms with E-state index >= 15 is 0 Å². The molecular weight excluding hydrogens is 216 g/mol. The Balaban J connectivity index is 2.90. The van der Waals surface area contributed by atoms with Gasteiger partial charge in [-0.2, -0.15) is 0 Å². The normalized spacial score (nSPS) is 21.7. The van der Waals surface area contributed by atoms with Crippen molar-refractivity contribution in [2.75, 3.05) is 20.3 Å². The van der Waals surface area contributed by atoms with Crippen molar-refractivity contribution < 1.29 is 29.2 Å². The summed E-state index contributed by atoms with van der Waals surface area (Å²) in [6, 6.07) is 0. The standard InChI is InChI=1S/C10H14O6/c1-3-4-15-8-7(6(12)5-11)16-10(13)9(8)14-2/h3,6-7,11-12H,1,4-5H2,2H3/t6-,7+/m0/s1. The van der Waals surface area contributed by atoms with Crippen LogP contribution >= 0.6 is 0 Å². The highest BCUT2D eigenvalue weighted by atomic mass is 16.6. The molecule has 6 nitrogen and oxygen atoms in total. The summed E-state index contributed by atoms with van der Waals surface area (Å²) in [5, 5.41) is 18.2. The molecular formula is C10H14O6. The maximum atomic E-state index is 11.3. The molecule has 0 amide bonds. The second-order valence-corrected chi connectivity index (χ2v) is 3.07. The van der Waals surface area contributed by atoms with Crippen LogP contribution in [0.5, 0.6) is 0 Å². The van der Waals surface area contributed by atoms with Gasteiger partial charge in [0.25, 0.3) is 0 Å². The van der Waals surface area contributed by atoms with Gasteiger partial charge in [-0.3, -0.25) is 0 Å². The van der Waals surface area contributed by atoms with E-state index in [0.717, 1.165) is 0 Å². The van der Waals surface area contributed by atoms with Gasteiger partial charge in [-0.25, -0.2) is 4.79 Å². The van der Waals surface area contributed by atoms with E-state index in [1.54, 1.807) is 0 Å². The van der Waals surface area contributed by atoms with Crippen molar-refractivity contribution in [1.29, 1.82) is 0 Å². The van der Waals surface area contributed by atoms with Crippen molar-refractivity contribution >= 4 is 5.97 Å². The van der Waals surface area contributed by atoms with E-state index in [2.05, 4.69) is 6.58 Å². The fourth-order valence-corrected chi connectivity index (χ4v) is 1.28. The topological polar surface area (TPSA) is 85.2 Å². The second-order valence-electron chi connectivity index (χ2n) is 3.07. The van der Waals surface area contributed by atoms with Crippen LogP contribution in [0.4, 0.5) is 0 Å². The number of carbonyl (C=O) groups excluding carboxylic acids is 1. The number of aliphatic hydroxyl groups excluding tert-OH is 2. The monoisotopic (exact) mass is 230 g/mol. The molecule has 0 unspecified atom stereocenters. The molecule has 0 aromatic heterocycles. The van der Waals surface area contributed by atoms with Crippen LogP contribution in [0, 0.1) is 0 Å². The number of rotatable bonds is 6. The van der Waals surface area contributed by atoms with Crippen LogP contribution in [-0.4, -0.2) is 48.7 Å². The first-order chi connectivity index (χ1) is 7.65. The number of hydrogen-bond acceptors (Lipinski definition) is 6. The summed E-state index contributed by atoms with van der Waals surface area (Å²) < 4.78 is 14.8. The molecule has 6 heteroatoms. The van der Waals surface area contributed by atoms with Gasteiger partial charge in [0.15, 0.2) is 11.9 Å². The molecule has 1 heterocycles. The SMILES string of the molecule is C=CCOC1=C(OC)C(=O)O[C@@H]1[C@@H](O)CO. The molecule has 0 aromatic carbocycles. The van der Waals surface area contributed by atoms with Crippen molar-refractivity contribution in [3.63, 3.8) is 0 Å². The molecule has 2 N–H and O–H groups in total. The first-order valence-electron chi connectivity index (χ1n) is 4.67. The van der Waals surface area contributed by atoms with Crippen molar-refractivity contribution in [2.24, 2.45) is 0 Å². The molecule has 16 heavy (non-hydrogen) atoms. The van der Waals surface area contributed by atoms with Crippen LogP contribution in [-0.2, 0) is 19.0 Å². The van der Waals surface area contributed by atoms with Crippen LogP contribution < -0.4 is 0 Å². The summed E-state index contributed by atoms with van der Waals surface area (Å²) in [5.41, 5.74) is 0. The maximum absolute atomic E-state index is 11.3. The third-order valence-corrected chi connectivity index (χ3v) is 2.00. The van der Waals surface area contributed by atoms with Gasteiger partial charge < -0.3 is 24.4 Å². The van der Waals surface area contributed by atoms with Crippen molar-refractivity contribution in [3.05, 3.63) is 24.2 Å². The van der Waals surface area contributed by atoms with E-state index in [4.69, 9.17) is 19.3 Å². The molecule has 0 fully saturated rings. The number of esters is 1. The zero-order valence-electron chi connectivity index (χ0n) is 8.88. The maximum Gasteiger partial charge on any atom is 0.378 e. The number of methoxy groups -OCH3 is 1. The summed E-state index contributed by atoms with van der Waals surface area (Å²) in [7, 11) is 1.29. The van der Waals surface area contributed by atoms with Gasteiger partial charge in [-0.15, -0.1) is 0 Å². The van der Waals surface area contributed by atoms with Gasteiger partial charge in [0, 0.05) is 0 Å². The molecule has 0 bridgehead atoms. The van der Waals surface area contributed by atoms with Crippen LogP contribution in [0.25, 0.3) is 0 Å². The average Bonchev–Trinajstić information content (AvgIpc) is 2.61. The minimum Gasteiger partial charge on any atom is -0.487 e. The molecule has 2 atom stereocenters. The van der Waals surface area contributed by atoms with Gasteiger partial charge in [0.1, 0.15) is 12.7 Å². The van der Waals surface area contributed by atoms with E-state index in [1.807, 2.05) is 0 Å². The fourth-order valence-electron chi connectivity index (χ4n) is 1.28. The number of cyclic esters (lactones) is 1. The van der Waals surface area contributed by atoms with Crippen LogP contribution in [0.15, 0.2) is 24.2 Å². The van der Waals surface area contributed by atoms with Crippen LogP contribution in [0.2, 0.25) is 0 Å². The van der Waals surface area contributed by atoms with E-state index < -0.39 is 24.8 Å². The summed E-state index contributed by atoms with van der Waals surface area (Å²) in [4.78, 5) is 11.3. The quantitative estimate of drug-likeness (QED) is 0.465. The Bertz CT molecular complexity index is 308. The molecule has 0 aromatic rings. The Morgan fingerprint density at radius 2 is 2.38 bits per heavy atom. The molecule has 0 saturated heterocycles. The Hall–Kier alpha value is -1.53. The molecule has 0 aliphatic carbocycles. The first-order valence-corrected chi connectivity index (χ1v) is 4.67. The molecule has 1 aliphatic heterocycles. The Morgan fingerprint density at radius 3 is 2.88 bits per heavy atom. The minimum atomic E-state index is -1.24. The predicted octanol–water partition coefficient (Wildman–Crippen LogP) is -0.674. The lowest BCUT2D eigenvalue weighted by atomic mass is 10.2. The van der Waals surface area contributed by atoms with E-state index in [1.165, 1.54) is 13.2 Å². The van der Waals surface area contributed by atoms with Crippen LogP contribution in [0.3, 0.4) is 0 Å². The highest BCUT2D eigenvalue weighted by Crippen LogP contribution is 2.26. The predicted molar refractivity (Wildman–Crippen MR) is 53.2 cm³/mol. The Morgan fingerprint density at radius 1 is 1.69 bits per heavy atom. The van der Waals surface area contributed by atoms with Crippen molar-refractivity contribution in [1.82, 2.24) is 0 Å². The third-order valence-electron chi connectivity index (χ3n) is 2.00. The summed E-state index contributed by atoms with van der Waals surface area (Å²) in [5.74, 6) is -0.743. The van der Waals surface area contributed by atoms with Crippen molar-refractivity contribution in [2.45, 2.75) is 12.2 Å². The summed E-state index contributed by atoms with van der Waals surface area (Å²) >= 11 is 0. The summed E-state index contributed by atoms with van der Waals surface area (Å²) in [6.07, 6.45) is -0.797. The fraction of sp³-hybridized carbons (Fsp3) is 0.500. The van der Waals surface area contributed by atoms with Gasteiger partial charge in [-0.05, 0) is 0 Å². The molecule has 0 spiro atoms. The number of carbonyl (C=O) groups is 1. The highest BCUT2D eigenvalue weighted by Gasteiger charge is 2.41. The smallest absolute Gasteiger partial charge is 0.378 e. The van der Waals surface area contributed by atoms with Gasteiger partial charge in [-0.1, -0.05) is 12.7 Å². The third kappa shape index (κ3) is 2.34. The number of aliphatic hydroxyl groups is 2.